The Hall–Kier alpha value is -1.08. The van der Waals surface area contributed by atoms with E-state index in [0.717, 1.165) is 0 Å². The molecule has 14 heavy (non-hydrogen) atoms. The molecule has 0 saturated heterocycles. The standard InChI is InChI=1S/C10H15NO3/c1-7(2)14-9(12)8-4-3-5-10(8,13)6-11/h7-8,13H,3-5H2,1-2H3/t8-,10-/m0/s1. The van der Waals surface area contributed by atoms with Gasteiger partial charge in [-0.25, -0.2) is 0 Å². The molecule has 1 rings (SSSR count). The molecule has 78 valence electrons. The van der Waals surface area contributed by atoms with Gasteiger partial charge >= 0.3 is 5.97 Å². The van der Waals surface area contributed by atoms with Crippen molar-refractivity contribution in [3.05, 3.63) is 0 Å². The zero-order chi connectivity index (χ0) is 10.8. The molecule has 2 atom stereocenters. The first-order valence-corrected chi connectivity index (χ1v) is 4.84. The fourth-order valence-corrected chi connectivity index (χ4v) is 1.75. The predicted octanol–water partition coefficient (Wildman–Crippen LogP) is 0.993. The summed E-state index contributed by atoms with van der Waals surface area (Å²) in [6.07, 6.45) is 1.39. The molecule has 0 radical (unpaired) electrons. The van der Waals surface area contributed by atoms with Crippen LogP contribution >= 0.6 is 0 Å². The summed E-state index contributed by atoms with van der Waals surface area (Å²) in [5, 5.41) is 18.6. The van der Waals surface area contributed by atoms with Crippen LogP contribution in [0.3, 0.4) is 0 Å². The van der Waals surface area contributed by atoms with E-state index < -0.39 is 17.5 Å². The number of hydrogen-bond donors (Lipinski definition) is 1. The molecule has 1 fully saturated rings. The predicted molar refractivity (Wildman–Crippen MR) is 49.1 cm³/mol. The van der Waals surface area contributed by atoms with E-state index >= 15 is 0 Å². The molecule has 0 aliphatic heterocycles. The molecule has 0 bridgehead atoms. The third-order valence-corrected chi connectivity index (χ3v) is 2.46. The molecule has 4 nitrogen and oxygen atoms in total. The number of hydrogen-bond acceptors (Lipinski definition) is 4. The number of nitriles is 1. The maximum Gasteiger partial charge on any atom is 0.313 e. The fourth-order valence-electron chi connectivity index (χ4n) is 1.75. The SMILES string of the molecule is CC(C)OC(=O)[C@@H]1CCC[C@]1(O)C#N. The van der Waals surface area contributed by atoms with Gasteiger partial charge in [0.1, 0.15) is 0 Å². The first kappa shape index (κ1) is 11.0. The number of rotatable bonds is 2. The van der Waals surface area contributed by atoms with Crippen LogP contribution in [0, 0.1) is 17.2 Å². The fraction of sp³-hybridized carbons (Fsp3) is 0.800. The number of nitrogens with zero attached hydrogens (tertiary/aromatic N) is 1. The van der Waals surface area contributed by atoms with Crippen molar-refractivity contribution < 1.29 is 14.6 Å². The molecular formula is C10H15NO3. The van der Waals surface area contributed by atoms with E-state index in [-0.39, 0.29) is 6.10 Å². The molecular weight excluding hydrogens is 182 g/mol. The highest BCUT2D eigenvalue weighted by Crippen LogP contribution is 2.36. The average molecular weight is 197 g/mol. The summed E-state index contributed by atoms with van der Waals surface area (Å²) < 4.78 is 4.98. The average Bonchev–Trinajstić information content (AvgIpc) is 2.47. The van der Waals surface area contributed by atoms with Gasteiger partial charge in [-0.05, 0) is 33.1 Å². The Labute approximate surface area is 83.5 Å². The minimum atomic E-state index is -1.51. The van der Waals surface area contributed by atoms with E-state index in [1.165, 1.54) is 0 Å². The monoisotopic (exact) mass is 197 g/mol. The van der Waals surface area contributed by atoms with Crippen molar-refractivity contribution in [2.24, 2.45) is 5.92 Å². The minimum absolute atomic E-state index is 0.203. The zero-order valence-electron chi connectivity index (χ0n) is 8.49. The molecule has 0 aromatic carbocycles. The molecule has 0 unspecified atom stereocenters. The molecule has 4 heteroatoms. The summed E-state index contributed by atoms with van der Waals surface area (Å²) in [7, 11) is 0. The van der Waals surface area contributed by atoms with Gasteiger partial charge in [-0.2, -0.15) is 5.26 Å². The maximum atomic E-state index is 11.5. The van der Waals surface area contributed by atoms with Crippen LogP contribution in [0.1, 0.15) is 33.1 Å². The van der Waals surface area contributed by atoms with E-state index in [1.54, 1.807) is 19.9 Å². The summed E-state index contributed by atoms with van der Waals surface area (Å²) in [5.74, 6) is -1.13. The Kier molecular flexibility index (Phi) is 3.12. The van der Waals surface area contributed by atoms with Crippen LogP contribution in [0.25, 0.3) is 0 Å². The molecule has 1 aliphatic carbocycles. The second kappa shape index (κ2) is 3.97. The van der Waals surface area contributed by atoms with Gasteiger partial charge in [-0.1, -0.05) is 0 Å². The quantitative estimate of drug-likeness (QED) is 0.529. The smallest absolute Gasteiger partial charge is 0.313 e. The van der Waals surface area contributed by atoms with E-state index in [1.807, 2.05) is 0 Å². The Bertz CT molecular complexity index is 269. The molecule has 1 N–H and O–H groups in total. The number of carbonyl (C=O) groups is 1. The lowest BCUT2D eigenvalue weighted by atomic mass is 9.92. The topological polar surface area (TPSA) is 70.3 Å². The van der Waals surface area contributed by atoms with Crippen LogP contribution in [0.2, 0.25) is 0 Å². The Morgan fingerprint density at radius 2 is 2.36 bits per heavy atom. The Morgan fingerprint density at radius 1 is 1.71 bits per heavy atom. The number of esters is 1. The highest BCUT2D eigenvalue weighted by Gasteiger charge is 2.46. The van der Waals surface area contributed by atoms with E-state index in [2.05, 4.69) is 0 Å². The lowest BCUT2D eigenvalue weighted by molar-refractivity contribution is -0.157. The van der Waals surface area contributed by atoms with E-state index in [4.69, 9.17) is 10.00 Å². The molecule has 1 aliphatic rings. The lowest BCUT2D eigenvalue weighted by Crippen LogP contribution is -2.38. The second-order valence-corrected chi connectivity index (χ2v) is 3.97. The van der Waals surface area contributed by atoms with Crippen molar-refractivity contribution in [2.75, 3.05) is 0 Å². The van der Waals surface area contributed by atoms with Gasteiger partial charge in [-0.3, -0.25) is 4.79 Å². The first-order valence-electron chi connectivity index (χ1n) is 4.84. The first-order chi connectivity index (χ1) is 6.49. The van der Waals surface area contributed by atoms with Crippen LogP contribution in [0.4, 0.5) is 0 Å². The third kappa shape index (κ3) is 2.05. The van der Waals surface area contributed by atoms with Gasteiger partial charge in [0.05, 0.1) is 18.1 Å². The van der Waals surface area contributed by atoms with Crippen molar-refractivity contribution in [1.82, 2.24) is 0 Å². The molecule has 1 saturated carbocycles. The Morgan fingerprint density at radius 3 is 2.86 bits per heavy atom. The van der Waals surface area contributed by atoms with Crippen LogP contribution in [0.15, 0.2) is 0 Å². The van der Waals surface area contributed by atoms with E-state index in [0.29, 0.717) is 19.3 Å². The largest absolute Gasteiger partial charge is 0.463 e. The molecule has 0 spiro atoms. The van der Waals surface area contributed by atoms with E-state index in [9.17, 15) is 9.90 Å². The minimum Gasteiger partial charge on any atom is -0.463 e. The summed E-state index contributed by atoms with van der Waals surface area (Å²) in [5.41, 5.74) is -1.51. The van der Waals surface area contributed by atoms with Crippen LogP contribution < -0.4 is 0 Å². The molecule has 0 aromatic heterocycles. The number of carbonyl (C=O) groups excluding carboxylic acids is 1. The van der Waals surface area contributed by atoms with Gasteiger partial charge in [0, 0.05) is 0 Å². The third-order valence-electron chi connectivity index (χ3n) is 2.46. The van der Waals surface area contributed by atoms with Gasteiger partial charge in [0.25, 0.3) is 0 Å². The summed E-state index contributed by atoms with van der Waals surface area (Å²) in [4.78, 5) is 11.5. The molecule has 0 aromatic rings. The number of ether oxygens (including phenoxy) is 1. The van der Waals surface area contributed by atoms with Gasteiger partial charge < -0.3 is 9.84 Å². The van der Waals surface area contributed by atoms with Crippen molar-refractivity contribution in [3.8, 4) is 6.07 Å². The molecule has 0 heterocycles. The summed E-state index contributed by atoms with van der Waals surface area (Å²) in [6.45, 7) is 3.50. The van der Waals surface area contributed by atoms with Crippen LogP contribution in [0.5, 0.6) is 0 Å². The Balaban J connectivity index is 2.69. The van der Waals surface area contributed by atoms with Crippen molar-refractivity contribution >= 4 is 5.97 Å². The van der Waals surface area contributed by atoms with Crippen molar-refractivity contribution in [3.63, 3.8) is 0 Å². The normalized spacial score (nSPS) is 31.5. The van der Waals surface area contributed by atoms with Gasteiger partial charge in [0.15, 0.2) is 5.60 Å². The lowest BCUT2D eigenvalue weighted by Gasteiger charge is -2.21. The van der Waals surface area contributed by atoms with Crippen LogP contribution in [-0.2, 0) is 9.53 Å². The summed E-state index contributed by atoms with van der Waals surface area (Å²) in [6, 6.07) is 1.80. The van der Waals surface area contributed by atoms with Gasteiger partial charge in [-0.15, -0.1) is 0 Å². The maximum absolute atomic E-state index is 11.5. The van der Waals surface area contributed by atoms with Crippen LogP contribution in [-0.4, -0.2) is 22.8 Å². The number of aliphatic hydroxyl groups is 1. The summed E-state index contributed by atoms with van der Waals surface area (Å²) >= 11 is 0. The van der Waals surface area contributed by atoms with Crippen molar-refractivity contribution in [1.29, 1.82) is 5.26 Å². The highest BCUT2D eigenvalue weighted by molar-refractivity contribution is 5.75. The molecule has 0 amide bonds. The van der Waals surface area contributed by atoms with Gasteiger partial charge in [0.2, 0.25) is 0 Å². The zero-order valence-corrected chi connectivity index (χ0v) is 8.49. The van der Waals surface area contributed by atoms with Crippen molar-refractivity contribution in [2.45, 2.75) is 44.8 Å². The second-order valence-electron chi connectivity index (χ2n) is 3.97. The highest BCUT2D eigenvalue weighted by atomic mass is 16.5.